The molecule has 0 saturated carbocycles. The van der Waals surface area contributed by atoms with Gasteiger partial charge in [-0.05, 0) is 59.5 Å². The van der Waals surface area contributed by atoms with E-state index in [0.717, 1.165) is 11.3 Å². The molecular weight excluding hydrogens is 408 g/mol. The Morgan fingerprint density at radius 2 is 1.81 bits per heavy atom. The zero-order valence-corrected chi connectivity index (χ0v) is 19.8. The monoisotopic (exact) mass is 440 g/mol. The van der Waals surface area contributed by atoms with E-state index in [0.29, 0.717) is 30.1 Å². The number of amides is 1. The van der Waals surface area contributed by atoms with Gasteiger partial charge in [-0.2, -0.15) is 5.10 Å². The number of aliphatic hydroxyl groups is 1. The van der Waals surface area contributed by atoms with Crippen LogP contribution in [-0.4, -0.2) is 69.7 Å². The highest BCUT2D eigenvalue weighted by Crippen LogP contribution is 2.40. The number of likely N-dealkylation sites (tertiary alicyclic amines) is 1. The minimum absolute atomic E-state index is 0.0307. The minimum atomic E-state index is -0.693. The van der Waals surface area contributed by atoms with Crippen molar-refractivity contribution in [1.29, 1.82) is 0 Å². The van der Waals surface area contributed by atoms with Gasteiger partial charge in [0, 0.05) is 25.8 Å². The summed E-state index contributed by atoms with van der Waals surface area (Å²) in [6, 6.07) is 6.63. The van der Waals surface area contributed by atoms with Crippen LogP contribution in [0, 0.1) is 13.8 Å². The Kier molecular flexibility index (Phi) is 6.74. The molecule has 32 heavy (non-hydrogen) atoms. The zero-order chi connectivity index (χ0) is 23.7. The van der Waals surface area contributed by atoms with Crippen LogP contribution < -0.4 is 4.74 Å². The predicted octanol–water partition coefficient (Wildman–Crippen LogP) is 2.81. The number of hydrogen-bond donors (Lipinski definition) is 1. The van der Waals surface area contributed by atoms with E-state index in [1.807, 2.05) is 64.0 Å². The fraction of sp³-hybridized carbons (Fsp3) is 0.458. The first-order valence-electron chi connectivity index (χ1n) is 10.7. The molecule has 8 nitrogen and oxygen atoms in total. The van der Waals surface area contributed by atoms with Gasteiger partial charge in [0.15, 0.2) is 0 Å². The summed E-state index contributed by atoms with van der Waals surface area (Å²) in [5.74, 6) is -0.782. The molecule has 3 rings (SSSR count). The Bertz CT molecular complexity index is 1050. The van der Waals surface area contributed by atoms with Gasteiger partial charge in [0.1, 0.15) is 11.5 Å². The molecule has 172 valence electrons. The first kappa shape index (κ1) is 23.5. The molecular formula is C24H32N4O4. The predicted molar refractivity (Wildman–Crippen MR) is 122 cm³/mol. The van der Waals surface area contributed by atoms with Crippen molar-refractivity contribution >= 4 is 17.4 Å². The van der Waals surface area contributed by atoms with Gasteiger partial charge in [0.25, 0.3) is 11.7 Å². The lowest BCUT2D eigenvalue weighted by Crippen LogP contribution is -2.35. The van der Waals surface area contributed by atoms with Crippen molar-refractivity contribution in [2.24, 2.45) is 7.05 Å². The molecule has 1 fully saturated rings. The lowest BCUT2D eigenvalue weighted by Gasteiger charge is -2.26. The number of ether oxygens (including phenoxy) is 1. The van der Waals surface area contributed by atoms with Crippen molar-refractivity contribution in [2.75, 3.05) is 27.2 Å². The van der Waals surface area contributed by atoms with E-state index < -0.39 is 17.7 Å². The summed E-state index contributed by atoms with van der Waals surface area (Å²) in [6.07, 6.45) is 0.0307. The fourth-order valence-electron chi connectivity index (χ4n) is 4.02. The molecule has 1 aliphatic heterocycles. The molecule has 1 atom stereocenters. The number of hydrogen-bond acceptors (Lipinski definition) is 6. The van der Waals surface area contributed by atoms with Gasteiger partial charge in [-0.3, -0.25) is 14.3 Å². The van der Waals surface area contributed by atoms with Crippen LogP contribution in [0.1, 0.15) is 42.4 Å². The maximum absolute atomic E-state index is 13.1. The van der Waals surface area contributed by atoms with E-state index in [2.05, 4.69) is 5.10 Å². The van der Waals surface area contributed by atoms with E-state index in [4.69, 9.17) is 4.74 Å². The smallest absolute Gasteiger partial charge is 0.295 e. The zero-order valence-electron chi connectivity index (χ0n) is 19.8. The van der Waals surface area contributed by atoms with Gasteiger partial charge in [0.2, 0.25) is 0 Å². The van der Waals surface area contributed by atoms with Crippen LogP contribution in [0.4, 0.5) is 0 Å². The van der Waals surface area contributed by atoms with Crippen LogP contribution in [0.5, 0.6) is 5.75 Å². The van der Waals surface area contributed by atoms with Gasteiger partial charge < -0.3 is 19.6 Å². The Hall–Kier alpha value is -3.13. The minimum Gasteiger partial charge on any atom is -0.507 e. The van der Waals surface area contributed by atoms with E-state index in [9.17, 15) is 14.7 Å². The number of Topliss-reactive ketones (excluding diaryl/α,β-unsaturated/α-hetero) is 1. The number of benzene rings is 1. The number of nitrogens with zero attached hydrogens (tertiary/aromatic N) is 4. The number of carbonyl (C=O) groups excluding carboxylic acids is 2. The van der Waals surface area contributed by atoms with E-state index >= 15 is 0 Å². The largest absolute Gasteiger partial charge is 0.507 e. The number of likely N-dealkylation sites (N-methyl/N-ethyl adjacent to an activating group) is 1. The van der Waals surface area contributed by atoms with Gasteiger partial charge in [-0.1, -0.05) is 12.1 Å². The lowest BCUT2D eigenvalue weighted by atomic mass is 9.94. The number of carbonyl (C=O) groups is 2. The van der Waals surface area contributed by atoms with Crippen LogP contribution in [0.25, 0.3) is 5.76 Å². The number of aromatic nitrogens is 2. The second kappa shape index (κ2) is 9.16. The van der Waals surface area contributed by atoms with Gasteiger partial charge in [0.05, 0.1) is 29.0 Å². The molecule has 1 aromatic carbocycles. The molecule has 2 heterocycles. The maximum atomic E-state index is 13.1. The van der Waals surface area contributed by atoms with Crippen molar-refractivity contribution in [2.45, 2.75) is 39.8 Å². The molecule has 0 radical (unpaired) electrons. The molecule has 1 aliphatic rings. The van der Waals surface area contributed by atoms with E-state index in [-0.39, 0.29) is 17.4 Å². The van der Waals surface area contributed by atoms with Gasteiger partial charge >= 0.3 is 0 Å². The Labute approximate surface area is 189 Å². The molecule has 2 aromatic rings. The lowest BCUT2D eigenvalue weighted by molar-refractivity contribution is -0.140. The molecule has 1 saturated heterocycles. The number of aryl methyl sites for hydroxylation is 2. The molecule has 1 N–H and O–H groups in total. The summed E-state index contributed by atoms with van der Waals surface area (Å²) >= 11 is 0. The average molecular weight is 441 g/mol. The molecule has 0 bridgehead atoms. The number of ketones is 1. The summed E-state index contributed by atoms with van der Waals surface area (Å²) < 4.78 is 7.38. The standard InChI is InChI=1S/C24H32N4O4/c1-14(2)32-18-10-8-17(9-11-18)21-20(22(29)19-15(3)25-27(7)16(19)4)23(30)24(31)28(21)13-12-26(5)6/h8-11,14,21,29H,12-13H2,1-7H3. The summed E-state index contributed by atoms with van der Waals surface area (Å²) in [7, 11) is 5.59. The summed E-state index contributed by atoms with van der Waals surface area (Å²) in [5.41, 5.74) is 2.63. The van der Waals surface area contributed by atoms with Crippen LogP contribution in [0.3, 0.4) is 0 Å². The highest BCUT2D eigenvalue weighted by Gasteiger charge is 2.46. The third kappa shape index (κ3) is 4.41. The molecule has 0 aliphatic carbocycles. The molecule has 1 unspecified atom stereocenters. The summed E-state index contributed by atoms with van der Waals surface area (Å²) in [4.78, 5) is 29.6. The van der Waals surface area contributed by atoms with Crippen molar-refractivity contribution in [3.63, 3.8) is 0 Å². The fourth-order valence-corrected chi connectivity index (χ4v) is 4.02. The van der Waals surface area contributed by atoms with Crippen molar-refractivity contribution in [1.82, 2.24) is 19.6 Å². The number of rotatable bonds is 7. The Morgan fingerprint density at radius 3 is 2.31 bits per heavy atom. The highest BCUT2D eigenvalue weighted by atomic mass is 16.5. The van der Waals surface area contributed by atoms with Crippen LogP contribution in [0.15, 0.2) is 29.8 Å². The molecule has 1 amide bonds. The van der Waals surface area contributed by atoms with Crippen molar-refractivity contribution in [3.8, 4) is 5.75 Å². The SMILES string of the molecule is Cc1nn(C)c(C)c1C(O)=C1C(=O)C(=O)N(CCN(C)C)C1c1ccc(OC(C)C)cc1. The van der Waals surface area contributed by atoms with Crippen LogP contribution in [0.2, 0.25) is 0 Å². The first-order valence-corrected chi connectivity index (χ1v) is 10.7. The van der Waals surface area contributed by atoms with Crippen LogP contribution in [-0.2, 0) is 16.6 Å². The second-order valence-electron chi connectivity index (χ2n) is 8.70. The highest BCUT2D eigenvalue weighted by molar-refractivity contribution is 6.46. The molecule has 1 aromatic heterocycles. The van der Waals surface area contributed by atoms with Gasteiger partial charge in [-0.25, -0.2) is 0 Å². The van der Waals surface area contributed by atoms with E-state index in [1.54, 1.807) is 18.7 Å². The topological polar surface area (TPSA) is 87.9 Å². The van der Waals surface area contributed by atoms with Crippen molar-refractivity contribution < 1.29 is 19.4 Å². The van der Waals surface area contributed by atoms with E-state index in [1.165, 1.54) is 4.90 Å². The summed E-state index contributed by atoms with van der Waals surface area (Å²) in [6.45, 7) is 8.43. The first-order chi connectivity index (χ1) is 15.0. The third-order valence-corrected chi connectivity index (χ3v) is 5.64. The number of aliphatic hydroxyl groups excluding tert-OH is 1. The normalized spacial score (nSPS) is 18.3. The second-order valence-corrected chi connectivity index (χ2v) is 8.70. The molecule has 8 heteroatoms. The Balaban J connectivity index is 2.15. The van der Waals surface area contributed by atoms with Crippen LogP contribution >= 0.6 is 0 Å². The van der Waals surface area contributed by atoms with Gasteiger partial charge in [-0.15, -0.1) is 0 Å². The average Bonchev–Trinajstić information content (AvgIpc) is 3.12. The maximum Gasteiger partial charge on any atom is 0.295 e. The summed E-state index contributed by atoms with van der Waals surface area (Å²) in [5, 5.41) is 15.6. The quantitative estimate of drug-likeness (QED) is 0.405. The third-order valence-electron chi connectivity index (χ3n) is 5.64. The Morgan fingerprint density at radius 1 is 1.19 bits per heavy atom. The van der Waals surface area contributed by atoms with Crippen molar-refractivity contribution in [3.05, 3.63) is 52.4 Å². The molecule has 0 spiro atoms.